The van der Waals surface area contributed by atoms with Gasteiger partial charge in [-0.1, -0.05) is 48.0 Å². The molecule has 0 saturated heterocycles. The molecule has 1 aromatic rings. The summed E-state index contributed by atoms with van der Waals surface area (Å²) in [6.07, 6.45) is 6.94. The predicted octanol–water partition coefficient (Wildman–Crippen LogP) is 5.27. The van der Waals surface area contributed by atoms with Crippen LogP contribution >= 0.6 is 15.9 Å². The maximum atomic E-state index is 13.6. The first-order chi connectivity index (χ1) is 9.08. The molecule has 0 unspecified atom stereocenters. The molecule has 0 atom stereocenters. The van der Waals surface area contributed by atoms with Crippen LogP contribution in [0.15, 0.2) is 16.6 Å². The van der Waals surface area contributed by atoms with Crippen LogP contribution in [-0.2, 0) is 0 Å². The van der Waals surface area contributed by atoms with Gasteiger partial charge >= 0.3 is 0 Å². The van der Waals surface area contributed by atoms with E-state index in [1.54, 1.807) is 0 Å². The first-order valence-corrected chi connectivity index (χ1v) is 7.55. The molecule has 1 nitrogen and oxygen atoms in total. The Morgan fingerprint density at radius 3 is 2.32 bits per heavy atom. The fraction of sp³-hybridized carbons (Fsp3) is 0.533. The van der Waals surface area contributed by atoms with Gasteiger partial charge in [-0.15, -0.1) is 0 Å². The fourth-order valence-electron chi connectivity index (χ4n) is 2.74. The van der Waals surface area contributed by atoms with Crippen molar-refractivity contribution < 1.29 is 13.6 Å². The summed E-state index contributed by atoms with van der Waals surface area (Å²) in [5, 5.41) is 0. The smallest absolute Gasteiger partial charge is 0.168 e. The van der Waals surface area contributed by atoms with Crippen molar-refractivity contribution in [1.29, 1.82) is 0 Å². The highest BCUT2D eigenvalue weighted by Gasteiger charge is 2.20. The number of Topliss-reactive ketones (excluding diaryl/α,β-unsaturated/α-hetero) is 1. The van der Waals surface area contributed by atoms with E-state index in [9.17, 15) is 13.6 Å². The molecule has 1 aromatic carbocycles. The quantitative estimate of drug-likeness (QED) is 0.687. The molecule has 1 fully saturated rings. The van der Waals surface area contributed by atoms with E-state index in [0.717, 1.165) is 31.4 Å². The van der Waals surface area contributed by atoms with Crippen molar-refractivity contribution in [2.75, 3.05) is 0 Å². The highest BCUT2D eigenvalue weighted by atomic mass is 79.9. The van der Waals surface area contributed by atoms with Gasteiger partial charge in [-0.3, -0.25) is 4.79 Å². The second kappa shape index (κ2) is 6.60. The van der Waals surface area contributed by atoms with Gasteiger partial charge in [0.1, 0.15) is 11.6 Å². The van der Waals surface area contributed by atoms with Crippen molar-refractivity contribution in [2.24, 2.45) is 5.92 Å². The zero-order chi connectivity index (χ0) is 13.8. The molecule has 0 radical (unpaired) electrons. The average Bonchev–Trinajstić information content (AvgIpc) is 2.36. The number of carbonyl (C=O) groups is 1. The summed E-state index contributed by atoms with van der Waals surface area (Å²) in [6.45, 7) is 0. The van der Waals surface area contributed by atoms with Gasteiger partial charge in [-0.2, -0.15) is 0 Å². The Kier molecular flexibility index (Phi) is 5.08. The average molecular weight is 331 g/mol. The SMILES string of the molecule is O=C(CCC1CCCCC1)c1c(F)cc(Br)cc1F. The third-order valence-corrected chi connectivity index (χ3v) is 4.25. The van der Waals surface area contributed by atoms with Gasteiger partial charge in [0.15, 0.2) is 5.78 Å². The molecule has 0 spiro atoms. The molecule has 0 aromatic heterocycles. The number of benzene rings is 1. The Morgan fingerprint density at radius 2 is 1.74 bits per heavy atom. The van der Waals surface area contributed by atoms with Crippen molar-refractivity contribution in [3.8, 4) is 0 Å². The fourth-order valence-corrected chi connectivity index (χ4v) is 3.15. The van der Waals surface area contributed by atoms with Crippen molar-refractivity contribution in [2.45, 2.75) is 44.9 Å². The summed E-state index contributed by atoms with van der Waals surface area (Å²) >= 11 is 3.01. The van der Waals surface area contributed by atoms with E-state index < -0.39 is 17.4 Å². The number of ketones is 1. The number of hydrogen-bond acceptors (Lipinski definition) is 1. The Balaban J connectivity index is 1.99. The Labute approximate surface area is 120 Å². The van der Waals surface area contributed by atoms with Crippen LogP contribution in [0.25, 0.3) is 0 Å². The number of carbonyl (C=O) groups excluding carboxylic acids is 1. The van der Waals surface area contributed by atoms with Gasteiger partial charge in [0.25, 0.3) is 0 Å². The molecule has 1 aliphatic carbocycles. The van der Waals surface area contributed by atoms with E-state index in [4.69, 9.17) is 0 Å². The second-order valence-corrected chi connectivity index (χ2v) is 6.13. The van der Waals surface area contributed by atoms with Gasteiger partial charge in [-0.05, 0) is 24.5 Å². The lowest BCUT2D eigenvalue weighted by Crippen LogP contribution is -2.11. The van der Waals surface area contributed by atoms with Gasteiger partial charge in [0, 0.05) is 10.9 Å². The molecule has 4 heteroatoms. The topological polar surface area (TPSA) is 17.1 Å². The van der Waals surface area contributed by atoms with Crippen LogP contribution in [0.2, 0.25) is 0 Å². The lowest BCUT2D eigenvalue weighted by atomic mass is 9.85. The second-order valence-electron chi connectivity index (χ2n) is 5.21. The Bertz CT molecular complexity index is 444. The summed E-state index contributed by atoms with van der Waals surface area (Å²) in [4.78, 5) is 11.9. The third-order valence-electron chi connectivity index (χ3n) is 3.79. The standard InChI is InChI=1S/C15H17BrF2O/c16-11-8-12(17)15(13(18)9-11)14(19)7-6-10-4-2-1-3-5-10/h8-10H,1-7H2. The summed E-state index contributed by atoms with van der Waals surface area (Å²) in [7, 11) is 0. The number of rotatable bonds is 4. The lowest BCUT2D eigenvalue weighted by molar-refractivity contribution is 0.0962. The molecule has 0 amide bonds. The molecule has 1 saturated carbocycles. The zero-order valence-electron chi connectivity index (χ0n) is 10.7. The van der Waals surface area contributed by atoms with Crippen LogP contribution in [-0.4, -0.2) is 5.78 Å². The van der Waals surface area contributed by atoms with Crippen LogP contribution in [0, 0.1) is 17.6 Å². The summed E-state index contributed by atoms with van der Waals surface area (Å²) in [5.74, 6) is -1.44. The van der Waals surface area contributed by atoms with E-state index >= 15 is 0 Å². The Hall–Kier alpha value is -0.770. The van der Waals surface area contributed by atoms with E-state index in [1.165, 1.54) is 19.3 Å². The molecule has 0 N–H and O–H groups in total. The van der Waals surface area contributed by atoms with Gasteiger partial charge in [0.05, 0.1) is 5.56 Å². The molecule has 2 rings (SSSR count). The van der Waals surface area contributed by atoms with Gasteiger partial charge in [0.2, 0.25) is 0 Å². The molecule has 0 heterocycles. The first-order valence-electron chi connectivity index (χ1n) is 6.75. The number of halogens is 3. The Morgan fingerprint density at radius 1 is 1.16 bits per heavy atom. The predicted molar refractivity (Wildman–Crippen MR) is 74.2 cm³/mol. The third kappa shape index (κ3) is 3.85. The van der Waals surface area contributed by atoms with Crippen LogP contribution < -0.4 is 0 Å². The minimum atomic E-state index is -0.777. The molecular formula is C15H17BrF2O. The molecule has 19 heavy (non-hydrogen) atoms. The van der Waals surface area contributed by atoms with Crippen LogP contribution in [0.4, 0.5) is 8.78 Å². The largest absolute Gasteiger partial charge is 0.294 e. The monoisotopic (exact) mass is 330 g/mol. The van der Waals surface area contributed by atoms with Crippen LogP contribution in [0.5, 0.6) is 0 Å². The molecule has 104 valence electrons. The molecule has 0 bridgehead atoms. The lowest BCUT2D eigenvalue weighted by Gasteiger charge is -2.21. The first kappa shape index (κ1) is 14.6. The van der Waals surface area contributed by atoms with Crippen LogP contribution in [0.3, 0.4) is 0 Å². The van der Waals surface area contributed by atoms with Crippen molar-refractivity contribution in [3.63, 3.8) is 0 Å². The maximum Gasteiger partial charge on any atom is 0.168 e. The van der Waals surface area contributed by atoms with E-state index in [-0.39, 0.29) is 12.0 Å². The minimum Gasteiger partial charge on any atom is -0.294 e. The van der Waals surface area contributed by atoms with Crippen LogP contribution in [0.1, 0.15) is 55.3 Å². The van der Waals surface area contributed by atoms with E-state index in [2.05, 4.69) is 15.9 Å². The van der Waals surface area contributed by atoms with Crippen molar-refractivity contribution in [1.82, 2.24) is 0 Å². The normalized spacial score (nSPS) is 16.6. The maximum absolute atomic E-state index is 13.6. The van der Waals surface area contributed by atoms with E-state index in [0.29, 0.717) is 10.4 Å². The van der Waals surface area contributed by atoms with Crippen molar-refractivity contribution >= 4 is 21.7 Å². The summed E-state index contributed by atoms with van der Waals surface area (Å²) in [5.41, 5.74) is -0.390. The summed E-state index contributed by atoms with van der Waals surface area (Å²) in [6, 6.07) is 2.27. The molecule has 0 aliphatic heterocycles. The highest BCUT2D eigenvalue weighted by molar-refractivity contribution is 9.10. The number of hydrogen-bond donors (Lipinski definition) is 0. The summed E-state index contributed by atoms with van der Waals surface area (Å²) < 4.78 is 27.6. The van der Waals surface area contributed by atoms with E-state index in [1.807, 2.05) is 0 Å². The molecule has 1 aliphatic rings. The zero-order valence-corrected chi connectivity index (χ0v) is 12.3. The van der Waals surface area contributed by atoms with Gasteiger partial charge in [-0.25, -0.2) is 8.78 Å². The van der Waals surface area contributed by atoms with Crippen molar-refractivity contribution in [3.05, 3.63) is 33.8 Å². The molecular weight excluding hydrogens is 314 g/mol. The minimum absolute atomic E-state index is 0.236. The van der Waals surface area contributed by atoms with Gasteiger partial charge < -0.3 is 0 Å². The highest BCUT2D eigenvalue weighted by Crippen LogP contribution is 2.28.